The van der Waals surface area contributed by atoms with Crippen molar-refractivity contribution in [3.8, 4) is 0 Å². The summed E-state index contributed by atoms with van der Waals surface area (Å²) in [4.78, 5) is 15.1. The molecule has 0 bridgehead atoms. The second-order valence-electron chi connectivity index (χ2n) is 5.25. The Labute approximate surface area is 106 Å². The van der Waals surface area contributed by atoms with Crippen LogP contribution in [0.5, 0.6) is 0 Å². The third-order valence-electron chi connectivity index (χ3n) is 2.65. The van der Waals surface area contributed by atoms with Crippen LogP contribution in [0.3, 0.4) is 0 Å². The largest absolute Gasteiger partial charge is 0.368 e. The number of anilines is 2. The summed E-state index contributed by atoms with van der Waals surface area (Å²) >= 11 is 1.49. The maximum atomic E-state index is 5.73. The van der Waals surface area contributed by atoms with Gasteiger partial charge in [0.1, 0.15) is 0 Å². The minimum Gasteiger partial charge on any atom is -0.368 e. The fraction of sp³-hybridized carbons (Fsp3) is 0.727. The predicted octanol–water partition coefficient (Wildman–Crippen LogP) is 1.94. The minimum absolute atomic E-state index is 0.00460. The van der Waals surface area contributed by atoms with Crippen molar-refractivity contribution in [3.63, 3.8) is 0 Å². The van der Waals surface area contributed by atoms with Gasteiger partial charge in [0.05, 0.1) is 0 Å². The molecule has 2 rings (SSSR count). The molecule has 1 aliphatic carbocycles. The van der Waals surface area contributed by atoms with Gasteiger partial charge in [0, 0.05) is 11.6 Å². The number of nitrogen functional groups attached to an aromatic ring is 1. The van der Waals surface area contributed by atoms with Gasteiger partial charge >= 0.3 is 0 Å². The first-order valence-corrected chi connectivity index (χ1v) is 6.99. The Morgan fingerprint density at radius 1 is 1.24 bits per heavy atom. The molecule has 0 unspecified atom stereocenters. The van der Waals surface area contributed by atoms with Gasteiger partial charge in [-0.15, -0.1) is 0 Å². The monoisotopic (exact) mass is 253 g/mol. The van der Waals surface area contributed by atoms with Crippen molar-refractivity contribution in [2.24, 2.45) is 0 Å². The quantitative estimate of drug-likeness (QED) is 0.830. The molecule has 0 saturated heterocycles. The molecule has 5 nitrogen and oxygen atoms in total. The van der Waals surface area contributed by atoms with Gasteiger partial charge in [0.15, 0.2) is 5.16 Å². The number of thioether (sulfide) groups is 1. The summed E-state index contributed by atoms with van der Waals surface area (Å²) in [6.45, 7) is 6.51. The fourth-order valence-electron chi connectivity index (χ4n) is 1.90. The molecule has 0 spiro atoms. The van der Waals surface area contributed by atoms with Crippen LogP contribution < -0.4 is 10.6 Å². The Morgan fingerprint density at radius 3 is 2.35 bits per heavy atom. The van der Waals surface area contributed by atoms with Crippen molar-refractivity contribution in [1.82, 2.24) is 15.0 Å². The van der Waals surface area contributed by atoms with Crippen LogP contribution in [0, 0.1) is 0 Å². The van der Waals surface area contributed by atoms with E-state index in [0.717, 1.165) is 0 Å². The Bertz CT molecular complexity index is 411. The zero-order valence-electron chi connectivity index (χ0n) is 10.8. The SMILES string of the molecule is CSc1nc(N)nc(N(C2CC2)C(C)(C)C)n1. The van der Waals surface area contributed by atoms with Crippen LogP contribution in [0.25, 0.3) is 0 Å². The molecule has 1 aromatic heterocycles. The number of rotatable bonds is 3. The molecular formula is C11H19N5S. The number of nitrogens with two attached hydrogens (primary N) is 1. The molecule has 1 heterocycles. The highest BCUT2D eigenvalue weighted by Crippen LogP contribution is 2.35. The van der Waals surface area contributed by atoms with Crippen molar-refractivity contribution in [1.29, 1.82) is 0 Å². The number of hydrogen-bond acceptors (Lipinski definition) is 6. The summed E-state index contributed by atoms with van der Waals surface area (Å²) in [5.74, 6) is 1.01. The smallest absolute Gasteiger partial charge is 0.231 e. The van der Waals surface area contributed by atoms with Gasteiger partial charge in [0.25, 0.3) is 0 Å². The van der Waals surface area contributed by atoms with E-state index in [1.54, 1.807) is 0 Å². The number of hydrogen-bond donors (Lipinski definition) is 1. The van der Waals surface area contributed by atoms with Crippen LogP contribution in [-0.4, -0.2) is 32.8 Å². The number of aromatic nitrogens is 3. The van der Waals surface area contributed by atoms with E-state index in [2.05, 4.69) is 40.6 Å². The van der Waals surface area contributed by atoms with Crippen LogP contribution >= 0.6 is 11.8 Å². The lowest BCUT2D eigenvalue weighted by molar-refractivity contribution is 0.486. The highest BCUT2D eigenvalue weighted by molar-refractivity contribution is 7.98. The molecule has 2 N–H and O–H groups in total. The second-order valence-corrected chi connectivity index (χ2v) is 6.03. The van der Waals surface area contributed by atoms with Gasteiger partial charge in [-0.3, -0.25) is 0 Å². The lowest BCUT2D eigenvalue weighted by atomic mass is 10.1. The maximum absolute atomic E-state index is 5.73. The van der Waals surface area contributed by atoms with E-state index >= 15 is 0 Å². The zero-order valence-corrected chi connectivity index (χ0v) is 11.6. The first kappa shape index (κ1) is 12.4. The summed E-state index contributed by atoms with van der Waals surface area (Å²) in [6.07, 6.45) is 4.35. The molecule has 1 saturated carbocycles. The van der Waals surface area contributed by atoms with Crippen LogP contribution in [0.15, 0.2) is 5.16 Å². The summed E-state index contributed by atoms with van der Waals surface area (Å²) in [5.41, 5.74) is 5.74. The normalized spacial score (nSPS) is 16.0. The molecule has 0 radical (unpaired) electrons. The first-order valence-electron chi connectivity index (χ1n) is 5.76. The van der Waals surface area contributed by atoms with Crippen molar-refractivity contribution in [2.45, 2.75) is 50.4 Å². The van der Waals surface area contributed by atoms with E-state index < -0.39 is 0 Å². The molecule has 0 amide bonds. The van der Waals surface area contributed by atoms with E-state index in [1.165, 1.54) is 24.6 Å². The average Bonchev–Trinajstić information content (AvgIpc) is 2.99. The summed E-state index contributed by atoms with van der Waals surface area (Å²) in [6, 6.07) is 0.548. The molecule has 1 aliphatic rings. The second kappa shape index (κ2) is 4.33. The molecule has 6 heteroatoms. The molecule has 1 aromatic rings. The highest BCUT2D eigenvalue weighted by atomic mass is 32.2. The summed E-state index contributed by atoms with van der Waals surface area (Å²) in [5, 5.41) is 0.683. The van der Waals surface area contributed by atoms with Crippen molar-refractivity contribution >= 4 is 23.7 Å². The molecule has 94 valence electrons. The van der Waals surface area contributed by atoms with Crippen molar-refractivity contribution in [2.75, 3.05) is 16.9 Å². The van der Waals surface area contributed by atoms with Gasteiger partial charge in [-0.25, -0.2) is 0 Å². The van der Waals surface area contributed by atoms with E-state index in [-0.39, 0.29) is 5.54 Å². The van der Waals surface area contributed by atoms with Gasteiger partial charge in [-0.1, -0.05) is 11.8 Å². The molecule has 17 heavy (non-hydrogen) atoms. The molecule has 1 fully saturated rings. The Kier molecular flexibility index (Phi) is 3.16. The Balaban J connectivity index is 2.39. The molecule has 0 aromatic carbocycles. The molecule has 0 atom stereocenters. The fourth-order valence-corrected chi connectivity index (χ4v) is 2.26. The topological polar surface area (TPSA) is 67.9 Å². The van der Waals surface area contributed by atoms with Gasteiger partial charge in [0.2, 0.25) is 11.9 Å². The predicted molar refractivity (Wildman–Crippen MR) is 71.3 cm³/mol. The first-order chi connectivity index (χ1) is 7.91. The third-order valence-corrected chi connectivity index (χ3v) is 3.20. The van der Waals surface area contributed by atoms with Crippen LogP contribution in [-0.2, 0) is 0 Å². The average molecular weight is 253 g/mol. The number of nitrogens with zero attached hydrogens (tertiary/aromatic N) is 4. The van der Waals surface area contributed by atoms with Crippen molar-refractivity contribution in [3.05, 3.63) is 0 Å². The van der Waals surface area contributed by atoms with E-state index in [4.69, 9.17) is 5.73 Å². The summed E-state index contributed by atoms with van der Waals surface area (Å²) in [7, 11) is 0. The van der Waals surface area contributed by atoms with Crippen molar-refractivity contribution < 1.29 is 0 Å². The van der Waals surface area contributed by atoms with Crippen LogP contribution in [0.2, 0.25) is 0 Å². The van der Waals surface area contributed by atoms with Crippen LogP contribution in [0.4, 0.5) is 11.9 Å². The molecule has 0 aliphatic heterocycles. The Hall–Kier alpha value is -1.04. The van der Waals surface area contributed by atoms with E-state index in [0.29, 0.717) is 23.1 Å². The van der Waals surface area contributed by atoms with Gasteiger partial charge < -0.3 is 10.6 Å². The summed E-state index contributed by atoms with van der Waals surface area (Å²) < 4.78 is 0. The maximum Gasteiger partial charge on any atom is 0.231 e. The lowest BCUT2D eigenvalue weighted by Gasteiger charge is -2.36. The van der Waals surface area contributed by atoms with Crippen LogP contribution in [0.1, 0.15) is 33.6 Å². The third kappa shape index (κ3) is 2.80. The lowest BCUT2D eigenvalue weighted by Crippen LogP contribution is -2.44. The van der Waals surface area contributed by atoms with E-state index in [1.807, 2.05) is 6.26 Å². The molecular weight excluding hydrogens is 234 g/mol. The Morgan fingerprint density at radius 2 is 1.88 bits per heavy atom. The van der Waals surface area contributed by atoms with Gasteiger partial charge in [-0.2, -0.15) is 15.0 Å². The van der Waals surface area contributed by atoms with E-state index in [9.17, 15) is 0 Å². The van der Waals surface area contributed by atoms with Gasteiger partial charge in [-0.05, 0) is 39.9 Å². The zero-order chi connectivity index (χ0) is 12.6. The highest BCUT2D eigenvalue weighted by Gasteiger charge is 2.38. The minimum atomic E-state index is 0.00460. The standard InChI is InChI=1S/C11H19N5S/c1-11(2,3)16(7-5-6-7)9-13-8(12)14-10(15-9)17-4/h7H,5-6H2,1-4H3,(H2,12,13,14,15).